The second-order valence-corrected chi connectivity index (χ2v) is 5.99. The molecule has 0 atom stereocenters. The highest BCUT2D eigenvalue weighted by molar-refractivity contribution is 5.83. The molecule has 27 heavy (non-hydrogen) atoms. The first-order valence-corrected chi connectivity index (χ1v) is 7.68. The minimum Gasteiger partial charge on any atom is -0.477 e. The molecule has 0 radical (unpaired) electrons. The molecule has 0 bridgehead atoms. The minimum absolute atomic E-state index is 0.00646. The van der Waals surface area contributed by atoms with E-state index >= 15 is 0 Å². The van der Waals surface area contributed by atoms with E-state index in [1.54, 1.807) is 12.1 Å². The Kier molecular flexibility index (Phi) is 4.65. The Morgan fingerprint density at radius 3 is 2.22 bits per heavy atom. The van der Waals surface area contributed by atoms with E-state index in [0.717, 1.165) is 12.1 Å². The molecule has 9 heteroatoms. The number of benzene rings is 1. The Morgan fingerprint density at radius 1 is 0.963 bits per heavy atom. The highest BCUT2D eigenvalue weighted by Crippen LogP contribution is 2.47. The molecule has 144 valence electrons. The molecule has 1 aromatic heterocycles. The van der Waals surface area contributed by atoms with E-state index in [1.807, 2.05) is 0 Å². The van der Waals surface area contributed by atoms with Crippen molar-refractivity contribution in [3.8, 4) is 5.75 Å². The highest BCUT2D eigenvalue weighted by Gasteiger charge is 2.59. The maximum absolute atomic E-state index is 13.7. The van der Waals surface area contributed by atoms with Crippen LogP contribution in [0.5, 0.6) is 5.75 Å². The van der Waals surface area contributed by atoms with Crippen LogP contribution in [0.4, 0.5) is 30.7 Å². The highest BCUT2D eigenvalue weighted by atomic mass is 19.4. The fourth-order valence-corrected chi connectivity index (χ4v) is 2.68. The third-order valence-electron chi connectivity index (χ3n) is 4.10. The maximum atomic E-state index is 13.7. The third-order valence-corrected chi connectivity index (χ3v) is 4.10. The molecule has 0 aliphatic carbocycles. The molecule has 0 N–H and O–H groups in total. The van der Waals surface area contributed by atoms with Gasteiger partial charge in [0, 0.05) is 22.9 Å². The summed E-state index contributed by atoms with van der Waals surface area (Å²) in [4.78, 5) is 4.00. The number of hydrogen-bond acceptors (Lipinski definition) is 2. The first-order chi connectivity index (χ1) is 12.6. The predicted molar refractivity (Wildman–Crippen MR) is 83.0 cm³/mol. The summed E-state index contributed by atoms with van der Waals surface area (Å²) in [6.07, 6.45) is -3.42. The summed E-state index contributed by atoms with van der Waals surface area (Å²) in [5.41, 5.74) is -3.32. The van der Waals surface area contributed by atoms with Gasteiger partial charge in [0.2, 0.25) is 0 Å². The van der Waals surface area contributed by atoms with Crippen molar-refractivity contribution in [2.75, 3.05) is 13.3 Å². The zero-order valence-corrected chi connectivity index (χ0v) is 13.5. The summed E-state index contributed by atoms with van der Waals surface area (Å²) in [6, 6.07) is 6.50. The van der Waals surface area contributed by atoms with Gasteiger partial charge >= 0.3 is 12.1 Å². The van der Waals surface area contributed by atoms with Crippen molar-refractivity contribution in [3.05, 3.63) is 65.5 Å². The molecule has 0 saturated carbocycles. The number of hydrogen-bond donors (Lipinski definition) is 0. The fourth-order valence-electron chi connectivity index (χ4n) is 2.68. The van der Waals surface area contributed by atoms with Gasteiger partial charge in [-0.25, -0.2) is 8.78 Å². The molecular formula is C18H12F7NO. The van der Waals surface area contributed by atoms with E-state index < -0.39 is 36.6 Å². The van der Waals surface area contributed by atoms with Gasteiger partial charge in [0.1, 0.15) is 19.1 Å². The lowest BCUT2D eigenvalue weighted by Gasteiger charge is -2.33. The van der Waals surface area contributed by atoms with Crippen LogP contribution in [-0.2, 0) is 5.92 Å². The van der Waals surface area contributed by atoms with Crippen molar-refractivity contribution in [3.63, 3.8) is 0 Å². The molecule has 2 aromatic rings. The molecule has 0 unspecified atom stereocenters. The number of halogens is 7. The summed E-state index contributed by atoms with van der Waals surface area (Å²) >= 11 is 0. The Labute approximate surface area is 149 Å². The lowest BCUT2D eigenvalue weighted by Crippen LogP contribution is -2.41. The van der Waals surface area contributed by atoms with Crippen molar-refractivity contribution in [2.45, 2.75) is 17.7 Å². The molecule has 0 amide bonds. The van der Waals surface area contributed by atoms with Crippen molar-refractivity contribution >= 4 is 5.57 Å². The van der Waals surface area contributed by atoms with Crippen LogP contribution in [0.2, 0.25) is 0 Å². The fraction of sp³-hybridized carbons (Fsp3) is 0.278. The molecule has 0 fully saturated rings. The topological polar surface area (TPSA) is 22.1 Å². The standard InChI is InChI=1S/C18H12F7NO/c19-9-16(10-20)8-13(14-3-1-2-6-26-14)12-7-11(4-5-15(12)27-16)17(21,22)18(23,24)25/h1-8H,9-10H2. The molecule has 3 rings (SSSR count). The lowest BCUT2D eigenvalue weighted by molar-refractivity contribution is -0.289. The van der Waals surface area contributed by atoms with Crippen LogP contribution in [-0.4, -0.2) is 30.1 Å². The second-order valence-electron chi connectivity index (χ2n) is 5.99. The monoisotopic (exact) mass is 391 g/mol. The first-order valence-electron chi connectivity index (χ1n) is 7.68. The van der Waals surface area contributed by atoms with E-state index in [9.17, 15) is 30.7 Å². The van der Waals surface area contributed by atoms with Gasteiger partial charge in [-0.05, 0) is 36.4 Å². The summed E-state index contributed by atoms with van der Waals surface area (Å²) in [5, 5.41) is 0. The molecule has 1 aromatic carbocycles. The van der Waals surface area contributed by atoms with Gasteiger partial charge in [0.05, 0.1) is 5.69 Å². The van der Waals surface area contributed by atoms with E-state index in [1.165, 1.54) is 12.3 Å². The number of fused-ring (bicyclic) bond motifs is 1. The average Bonchev–Trinajstić information content (AvgIpc) is 2.66. The Balaban J connectivity index is 2.21. The van der Waals surface area contributed by atoms with Gasteiger partial charge in [-0.1, -0.05) is 6.07 Å². The Morgan fingerprint density at radius 2 is 1.67 bits per heavy atom. The predicted octanol–water partition coefficient (Wildman–Crippen LogP) is 5.24. The molecule has 1 aliphatic rings. The Bertz CT molecular complexity index is 858. The van der Waals surface area contributed by atoms with Crippen LogP contribution < -0.4 is 4.74 Å². The molecular weight excluding hydrogens is 379 g/mol. The number of ether oxygens (including phenoxy) is 1. The zero-order valence-electron chi connectivity index (χ0n) is 13.5. The molecule has 2 nitrogen and oxygen atoms in total. The van der Waals surface area contributed by atoms with Crippen LogP contribution in [0, 0.1) is 0 Å². The van der Waals surface area contributed by atoms with E-state index in [4.69, 9.17) is 4.74 Å². The summed E-state index contributed by atoms with van der Waals surface area (Å²) in [6.45, 7) is -2.53. The summed E-state index contributed by atoms with van der Waals surface area (Å²) in [5.74, 6) is -5.32. The van der Waals surface area contributed by atoms with Gasteiger partial charge < -0.3 is 4.74 Å². The minimum atomic E-state index is -5.80. The summed E-state index contributed by atoms with van der Waals surface area (Å²) < 4.78 is 97.7. The van der Waals surface area contributed by atoms with Gasteiger partial charge in [0.25, 0.3) is 0 Å². The van der Waals surface area contributed by atoms with Crippen molar-refractivity contribution in [2.24, 2.45) is 0 Å². The van der Waals surface area contributed by atoms with Gasteiger partial charge in [0.15, 0.2) is 5.60 Å². The number of nitrogens with zero attached hydrogens (tertiary/aromatic N) is 1. The maximum Gasteiger partial charge on any atom is 0.458 e. The van der Waals surface area contributed by atoms with E-state index in [2.05, 4.69) is 4.98 Å². The van der Waals surface area contributed by atoms with Gasteiger partial charge in [-0.3, -0.25) is 4.98 Å². The van der Waals surface area contributed by atoms with Crippen LogP contribution in [0.25, 0.3) is 5.57 Å². The SMILES string of the molecule is FCC1(CF)C=C(c2ccccn2)c2cc(C(F)(F)C(F)(F)F)ccc2O1. The second kappa shape index (κ2) is 6.54. The van der Waals surface area contributed by atoms with Crippen LogP contribution in [0.15, 0.2) is 48.7 Å². The number of aromatic nitrogens is 1. The number of pyridine rings is 1. The van der Waals surface area contributed by atoms with Gasteiger partial charge in [-0.2, -0.15) is 22.0 Å². The first kappa shape index (κ1) is 19.2. The molecule has 0 saturated heterocycles. The normalized spacial score (nSPS) is 16.3. The zero-order chi connectivity index (χ0) is 19.9. The van der Waals surface area contributed by atoms with Crippen LogP contribution in [0.3, 0.4) is 0 Å². The molecule has 1 aliphatic heterocycles. The molecule has 0 spiro atoms. The average molecular weight is 391 g/mol. The van der Waals surface area contributed by atoms with Crippen molar-refractivity contribution in [1.82, 2.24) is 4.98 Å². The number of rotatable bonds is 4. The number of alkyl halides is 7. The Hall–Kier alpha value is -2.58. The van der Waals surface area contributed by atoms with Crippen molar-refractivity contribution < 1.29 is 35.5 Å². The van der Waals surface area contributed by atoms with Crippen LogP contribution in [0.1, 0.15) is 16.8 Å². The van der Waals surface area contributed by atoms with Crippen molar-refractivity contribution in [1.29, 1.82) is 0 Å². The van der Waals surface area contributed by atoms with Crippen LogP contribution >= 0.6 is 0 Å². The lowest BCUT2D eigenvalue weighted by atomic mass is 9.89. The smallest absolute Gasteiger partial charge is 0.458 e. The van der Waals surface area contributed by atoms with E-state index in [-0.39, 0.29) is 22.6 Å². The quantitative estimate of drug-likeness (QED) is 0.666. The van der Waals surface area contributed by atoms with Gasteiger partial charge in [-0.15, -0.1) is 0 Å². The molecule has 2 heterocycles. The van der Waals surface area contributed by atoms with E-state index in [0.29, 0.717) is 12.1 Å². The largest absolute Gasteiger partial charge is 0.477 e. The third kappa shape index (κ3) is 3.26. The summed E-state index contributed by atoms with van der Waals surface area (Å²) in [7, 11) is 0.